The Balaban J connectivity index is 1.69. The van der Waals surface area contributed by atoms with Gasteiger partial charge in [-0.25, -0.2) is 0 Å². The summed E-state index contributed by atoms with van der Waals surface area (Å²) in [6.07, 6.45) is 1.94. The van der Waals surface area contributed by atoms with E-state index in [-0.39, 0.29) is 11.8 Å². The summed E-state index contributed by atoms with van der Waals surface area (Å²) in [5, 5.41) is 19.9. The summed E-state index contributed by atoms with van der Waals surface area (Å²) in [7, 11) is 0. The minimum atomic E-state index is -0.0297. The summed E-state index contributed by atoms with van der Waals surface area (Å²) in [5.74, 6) is 1.22. The molecule has 0 saturated heterocycles. The van der Waals surface area contributed by atoms with Gasteiger partial charge in [-0.3, -0.25) is 4.79 Å². The quantitative estimate of drug-likeness (QED) is 0.601. The average molecular weight is 345 g/mol. The third kappa shape index (κ3) is 2.19. The van der Waals surface area contributed by atoms with Crippen molar-refractivity contribution in [1.29, 1.82) is 0 Å². The topological polar surface area (TPSA) is 90.0 Å². The zero-order chi connectivity index (χ0) is 17.7. The van der Waals surface area contributed by atoms with Crippen LogP contribution in [0.25, 0.3) is 11.5 Å². The molecule has 1 N–H and O–H groups in total. The first-order chi connectivity index (χ1) is 12.7. The number of nitrogens with zero attached hydrogens (tertiary/aromatic N) is 6. The van der Waals surface area contributed by atoms with E-state index < -0.39 is 0 Å². The smallest absolute Gasteiger partial charge is 0.226 e. The summed E-state index contributed by atoms with van der Waals surface area (Å²) in [6, 6.07) is 13.7. The van der Waals surface area contributed by atoms with Crippen molar-refractivity contribution < 1.29 is 4.79 Å². The van der Waals surface area contributed by atoms with Crippen molar-refractivity contribution in [2.45, 2.75) is 19.3 Å². The highest BCUT2D eigenvalue weighted by Crippen LogP contribution is 2.39. The Morgan fingerprint density at radius 2 is 1.96 bits per heavy atom. The molecule has 0 bridgehead atoms. The van der Waals surface area contributed by atoms with Crippen LogP contribution >= 0.6 is 0 Å². The second-order valence-corrected chi connectivity index (χ2v) is 6.30. The van der Waals surface area contributed by atoms with Gasteiger partial charge in [-0.05, 0) is 24.6 Å². The number of anilines is 1. The van der Waals surface area contributed by atoms with Crippen LogP contribution in [0.5, 0.6) is 0 Å². The number of carbonyl (C=O) groups excluding carboxylic acids is 1. The Bertz CT molecular complexity index is 1130. The van der Waals surface area contributed by atoms with Crippen molar-refractivity contribution in [3.63, 3.8) is 0 Å². The monoisotopic (exact) mass is 345 g/mol. The maximum atomic E-state index is 12.4. The second-order valence-electron chi connectivity index (χ2n) is 6.30. The lowest BCUT2D eigenvalue weighted by molar-refractivity contribution is -0.116. The molecule has 5 rings (SSSR count). The molecule has 1 atom stereocenters. The van der Waals surface area contributed by atoms with Crippen LogP contribution in [0.15, 0.2) is 48.8 Å². The van der Waals surface area contributed by atoms with Gasteiger partial charge in [-0.1, -0.05) is 30.3 Å². The molecule has 1 amide bonds. The van der Waals surface area contributed by atoms with Gasteiger partial charge in [0.25, 0.3) is 0 Å². The molecule has 0 fully saturated rings. The van der Waals surface area contributed by atoms with E-state index in [0.29, 0.717) is 23.7 Å². The van der Waals surface area contributed by atoms with Crippen molar-refractivity contribution in [3.05, 3.63) is 65.6 Å². The predicted octanol–water partition coefficient (Wildman–Crippen LogP) is 2.09. The van der Waals surface area contributed by atoms with Crippen LogP contribution in [-0.2, 0) is 4.79 Å². The summed E-state index contributed by atoms with van der Waals surface area (Å²) in [6.45, 7) is 1.96. The van der Waals surface area contributed by atoms with Crippen molar-refractivity contribution in [2.24, 2.45) is 0 Å². The second kappa shape index (κ2) is 5.48. The Labute approximate surface area is 148 Å². The predicted molar refractivity (Wildman–Crippen MR) is 94.2 cm³/mol. The fraction of sp³-hybridized carbons (Fsp3) is 0.167. The molecule has 26 heavy (non-hydrogen) atoms. The van der Waals surface area contributed by atoms with Gasteiger partial charge in [0.05, 0.1) is 5.69 Å². The van der Waals surface area contributed by atoms with Gasteiger partial charge in [0.15, 0.2) is 11.5 Å². The van der Waals surface area contributed by atoms with Gasteiger partial charge in [0.1, 0.15) is 12.1 Å². The van der Waals surface area contributed by atoms with Crippen molar-refractivity contribution in [2.75, 3.05) is 5.32 Å². The molecule has 1 aromatic carbocycles. The summed E-state index contributed by atoms with van der Waals surface area (Å²) in [5.41, 5.74) is 3.66. The number of rotatable bonds is 2. The third-order valence-corrected chi connectivity index (χ3v) is 4.67. The normalized spacial score (nSPS) is 16.5. The summed E-state index contributed by atoms with van der Waals surface area (Å²) < 4.78 is 3.26. The van der Waals surface area contributed by atoms with Crippen LogP contribution in [0.4, 0.5) is 5.82 Å². The highest BCUT2D eigenvalue weighted by Gasteiger charge is 2.32. The van der Waals surface area contributed by atoms with E-state index >= 15 is 0 Å². The molecule has 4 aromatic rings. The molecule has 8 heteroatoms. The number of nitrogens with one attached hydrogen (secondary N) is 1. The number of hydrogen-bond acceptors (Lipinski definition) is 5. The lowest BCUT2D eigenvalue weighted by Gasteiger charge is -2.24. The first-order valence-electron chi connectivity index (χ1n) is 8.32. The van der Waals surface area contributed by atoms with E-state index in [2.05, 4.69) is 25.7 Å². The van der Waals surface area contributed by atoms with Gasteiger partial charge in [-0.15, -0.1) is 15.3 Å². The van der Waals surface area contributed by atoms with Crippen LogP contribution in [-0.4, -0.2) is 35.5 Å². The van der Waals surface area contributed by atoms with E-state index in [1.54, 1.807) is 9.20 Å². The Kier molecular flexibility index (Phi) is 3.11. The van der Waals surface area contributed by atoms with Crippen molar-refractivity contribution in [1.82, 2.24) is 29.6 Å². The number of hydrogen-bond donors (Lipinski definition) is 1. The molecule has 128 valence electrons. The molecule has 3 aromatic heterocycles. The number of benzene rings is 1. The van der Waals surface area contributed by atoms with Crippen LogP contribution in [0, 0.1) is 6.92 Å². The molecule has 8 nitrogen and oxygen atoms in total. The van der Waals surface area contributed by atoms with E-state index in [4.69, 9.17) is 0 Å². The molecule has 1 aliphatic rings. The van der Waals surface area contributed by atoms with E-state index in [9.17, 15) is 4.79 Å². The lowest BCUT2D eigenvalue weighted by atomic mass is 9.86. The maximum Gasteiger partial charge on any atom is 0.226 e. The molecule has 0 spiro atoms. The van der Waals surface area contributed by atoms with Crippen molar-refractivity contribution in [3.8, 4) is 5.82 Å². The van der Waals surface area contributed by atoms with E-state index in [0.717, 1.165) is 16.8 Å². The first kappa shape index (κ1) is 14.8. The van der Waals surface area contributed by atoms with Crippen LogP contribution in [0.1, 0.15) is 29.2 Å². The molecule has 4 heterocycles. The first-order valence-corrected chi connectivity index (χ1v) is 8.32. The standard InChI is InChI=1S/C18H15N7O/c1-11-17-13(12-5-3-2-4-6-12)9-16(26)20-18(17)25(22-11)15-8-7-14-21-19-10-24(14)23-15/h2-8,10,13H,9H2,1H3,(H,20,26)/t13-/m0/s1. The molecule has 0 saturated carbocycles. The van der Waals surface area contributed by atoms with Crippen LogP contribution in [0.3, 0.4) is 0 Å². The Hall–Kier alpha value is -3.55. The summed E-state index contributed by atoms with van der Waals surface area (Å²) >= 11 is 0. The molecular weight excluding hydrogens is 330 g/mol. The molecule has 0 unspecified atom stereocenters. The van der Waals surface area contributed by atoms with Crippen molar-refractivity contribution >= 4 is 17.4 Å². The van der Waals surface area contributed by atoms with E-state index in [1.807, 2.05) is 49.4 Å². The highest BCUT2D eigenvalue weighted by molar-refractivity contribution is 5.95. The zero-order valence-corrected chi connectivity index (χ0v) is 14.0. The van der Waals surface area contributed by atoms with Crippen LogP contribution in [0.2, 0.25) is 0 Å². The van der Waals surface area contributed by atoms with E-state index in [1.165, 1.54) is 6.33 Å². The third-order valence-electron chi connectivity index (χ3n) is 4.67. The number of carbonyl (C=O) groups is 1. The summed E-state index contributed by atoms with van der Waals surface area (Å²) in [4.78, 5) is 12.4. The van der Waals surface area contributed by atoms with Gasteiger partial charge in [-0.2, -0.15) is 14.3 Å². The minimum absolute atomic E-state index is 0.0210. The van der Waals surface area contributed by atoms with Gasteiger partial charge >= 0.3 is 0 Å². The van der Waals surface area contributed by atoms with Gasteiger partial charge in [0.2, 0.25) is 5.91 Å². The zero-order valence-electron chi connectivity index (χ0n) is 14.0. The molecule has 1 aliphatic heterocycles. The average Bonchev–Trinajstić information content (AvgIpc) is 3.25. The maximum absolute atomic E-state index is 12.4. The van der Waals surface area contributed by atoms with Gasteiger partial charge in [0, 0.05) is 17.9 Å². The minimum Gasteiger partial charge on any atom is -0.310 e. The SMILES string of the molecule is Cc1nn(-c2ccc3nncn3n2)c2c1[C@H](c1ccccc1)CC(=O)N2. The Morgan fingerprint density at radius 1 is 1.12 bits per heavy atom. The lowest BCUT2D eigenvalue weighted by Crippen LogP contribution is -2.25. The number of aryl methyl sites for hydroxylation is 1. The van der Waals surface area contributed by atoms with Gasteiger partial charge < -0.3 is 5.32 Å². The molecular formula is C18H15N7O. The molecule has 0 aliphatic carbocycles. The largest absolute Gasteiger partial charge is 0.310 e. The molecule has 0 radical (unpaired) electrons. The fourth-order valence-electron chi connectivity index (χ4n) is 3.51. The number of aromatic nitrogens is 6. The number of amides is 1. The fourth-order valence-corrected chi connectivity index (χ4v) is 3.51. The Morgan fingerprint density at radius 3 is 2.81 bits per heavy atom. The highest BCUT2D eigenvalue weighted by atomic mass is 16.1. The number of fused-ring (bicyclic) bond motifs is 2. The van der Waals surface area contributed by atoms with Crippen LogP contribution < -0.4 is 5.32 Å².